The largest absolute Gasteiger partial charge is 0.465 e. The Balaban J connectivity index is 3.08. The number of aromatic nitrogens is 1. The third kappa shape index (κ3) is 2.94. The number of nitriles is 1. The van der Waals surface area contributed by atoms with Crippen LogP contribution in [0.1, 0.15) is 28.4 Å². The number of hydrogen-bond acceptors (Lipinski definition) is 7. The number of carbonyl (C=O) groups excluding carboxylic acids is 1. The van der Waals surface area contributed by atoms with E-state index >= 15 is 0 Å². The number of aliphatic hydroxyl groups is 2. The van der Waals surface area contributed by atoms with Crippen molar-refractivity contribution in [2.24, 2.45) is 0 Å². The van der Waals surface area contributed by atoms with Crippen LogP contribution in [0.5, 0.6) is 0 Å². The number of pyridine rings is 1. The van der Waals surface area contributed by atoms with Gasteiger partial charge in [-0.1, -0.05) is 0 Å². The van der Waals surface area contributed by atoms with E-state index in [1.165, 1.54) is 19.4 Å². The number of carbonyl (C=O) groups is 1. The Morgan fingerprint density at radius 1 is 1.67 bits per heavy atom. The van der Waals surface area contributed by atoms with Crippen LogP contribution in [0.25, 0.3) is 0 Å². The van der Waals surface area contributed by atoms with E-state index in [2.05, 4.69) is 9.72 Å². The Kier molecular flexibility index (Phi) is 4.59. The van der Waals surface area contributed by atoms with Gasteiger partial charge in [-0.2, -0.15) is 5.26 Å². The van der Waals surface area contributed by atoms with Crippen LogP contribution in [0, 0.1) is 11.3 Å². The van der Waals surface area contributed by atoms with E-state index in [9.17, 15) is 15.0 Å². The second-order valence-electron chi connectivity index (χ2n) is 3.56. The molecule has 0 saturated heterocycles. The van der Waals surface area contributed by atoms with Crippen molar-refractivity contribution in [2.45, 2.75) is 18.6 Å². The van der Waals surface area contributed by atoms with E-state index in [4.69, 9.17) is 11.0 Å². The van der Waals surface area contributed by atoms with Crippen molar-refractivity contribution in [3.05, 3.63) is 23.4 Å². The molecule has 2 atom stereocenters. The van der Waals surface area contributed by atoms with Crippen LogP contribution in [0.15, 0.2) is 12.3 Å². The van der Waals surface area contributed by atoms with E-state index < -0.39 is 18.2 Å². The summed E-state index contributed by atoms with van der Waals surface area (Å²) in [5.74, 6) is -0.655. The van der Waals surface area contributed by atoms with Crippen molar-refractivity contribution in [1.82, 2.24) is 4.98 Å². The van der Waals surface area contributed by atoms with Gasteiger partial charge in [-0.05, 0) is 6.07 Å². The first-order valence-corrected chi connectivity index (χ1v) is 5.08. The van der Waals surface area contributed by atoms with Crippen LogP contribution in [-0.2, 0) is 4.74 Å². The van der Waals surface area contributed by atoms with Crippen molar-refractivity contribution in [3.8, 4) is 6.07 Å². The molecule has 1 rings (SSSR count). The van der Waals surface area contributed by atoms with E-state index in [0.717, 1.165) is 0 Å². The molecule has 7 nitrogen and oxygen atoms in total. The summed E-state index contributed by atoms with van der Waals surface area (Å²) in [7, 11) is 1.21. The molecule has 0 saturated carbocycles. The SMILES string of the molecule is COC(=O)c1cnc(N)c(C(O)C(O)CC#N)c1. The fraction of sp³-hybridized carbons (Fsp3) is 0.364. The molecule has 0 aliphatic heterocycles. The number of hydrogen-bond donors (Lipinski definition) is 3. The molecular weight excluding hydrogens is 238 g/mol. The molecule has 0 aromatic carbocycles. The Morgan fingerprint density at radius 3 is 2.89 bits per heavy atom. The third-order valence-electron chi connectivity index (χ3n) is 2.35. The second kappa shape index (κ2) is 5.95. The fourth-order valence-electron chi connectivity index (χ4n) is 1.37. The number of anilines is 1. The molecule has 0 fully saturated rings. The molecular formula is C11H13N3O4. The van der Waals surface area contributed by atoms with Gasteiger partial charge in [-0.3, -0.25) is 0 Å². The first-order valence-electron chi connectivity index (χ1n) is 5.08. The van der Waals surface area contributed by atoms with Gasteiger partial charge in [-0.25, -0.2) is 9.78 Å². The zero-order valence-corrected chi connectivity index (χ0v) is 9.70. The van der Waals surface area contributed by atoms with Crippen molar-refractivity contribution < 1.29 is 19.7 Å². The lowest BCUT2D eigenvalue weighted by atomic mass is 10.0. The molecule has 96 valence electrons. The fourth-order valence-corrected chi connectivity index (χ4v) is 1.37. The normalized spacial score (nSPS) is 13.4. The molecule has 0 radical (unpaired) electrons. The van der Waals surface area contributed by atoms with Crippen LogP contribution < -0.4 is 5.73 Å². The van der Waals surface area contributed by atoms with Crippen molar-refractivity contribution in [1.29, 1.82) is 5.26 Å². The number of aliphatic hydroxyl groups excluding tert-OH is 2. The summed E-state index contributed by atoms with van der Waals surface area (Å²) >= 11 is 0. The molecule has 4 N–H and O–H groups in total. The zero-order valence-electron chi connectivity index (χ0n) is 9.70. The second-order valence-corrected chi connectivity index (χ2v) is 3.56. The number of rotatable bonds is 4. The minimum absolute atomic E-state index is 0.0212. The lowest BCUT2D eigenvalue weighted by Gasteiger charge is -2.17. The number of methoxy groups -OCH3 is 1. The highest BCUT2D eigenvalue weighted by atomic mass is 16.5. The highest BCUT2D eigenvalue weighted by Crippen LogP contribution is 2.24. The predicted molar refractivity (Wildman–Crippen MR) is 61.2 cm³/mol. The summed E-state index contributed by atoms with van der Waals surface area (Å²) < 4.78 is 4.50. The lowest BCUT2D eigenvalue weighted by Crippen LogP contribution is -2.20. The number of nitrogen functional groups attached to an aromatic ring is 1. The van der Waals surface area contributed by atoms with E-state index in [-0.39, 0.29) is 23.4 Å². The molecule has 0 bridgehead atoms. The number of ether oxygens (including phenoxy) is 1. The standard InChI is InChI=1S/C11H13N3O4/c1-18-11(17)6-4-7(10(13)14-5-6)9(16)8(15)2-3-12/h4-5,8-9,15-16H,2H2,1H3,(H2,13,14). The number of nitrogens with two attached hydrogens (primary N) is 1. The van der Waals surface area contributed by atoms with Gasteiger partial charge in [0, 0.05) is 11.8 Å². The van der Waals surface area contributed by atoms with Crippen molar-refractivity contribution >= 4 is 11.8 Å². The van der Waals surface area contributed by atoms with Gasteiger partial charge in [0.15, 0.2) is 0 Å². The molecule has 18 heavy (non-hydrogen) atoms. The molecule has 0 amide bonds. The van der Waals surface area contributed by atoms with Gasteiger partial charge in [-0.15, -0.1) is 0 Å². The van der Waals surface area contributed by atoms with Crippen LogP contribution >= 0.6 is 0 Å². The summed E-state index contributed by atoms with van der Waals surface area (Å²) in [5, 5.41) is 27.8. The molecule has 1 aromatic heterocycles. The maximum absolute atomic E-state index is 11.3. The highest BCUT2D eigenvalue weighted by molar-refractivity contribution is 5.89. The number of nitrogens with zero attached hydrogens (tertiary/aromatic N) is 2. The van der Waals surface area contributed by atoms with Crippen LogP contribution in [0.3, 0.4) is 0 Å². The van der Waals surface area contributed by atoms with Gasteiger partial charge in [0.25, 0.3) is 0 Å². The summed E-state index contributed by atoms with van der Waals surface area (Å²) in [6.07, 6.45) is -1.74. The van der Waals surface area contributed by atoms with E-state index in [1.54, 1.807) is 6.07 Å². The van der Waals surface area contributed by atoms with Gasteiger partial charge < -0.3 is 20.7 Å². The summed E-state index contributed by atoms with van der Waals surface area (Å²) in [6, 6.07) is 3.00. The Labute approximate surface area is 103 Å². The smallest absolute Gasteiger partial charge is 0.339 e. The minimum atomic E-state index is -1.39. The Morgan fingerprint density at radius 2 is 2.33 bits per heavy atom. The Hall–Kier alpha value is -2.17. The Bertz CT molecular complexity index is 484. The average molecular weight is 251 g/mol. The molecule has 2 unspecified atom stereocenters. The summed E-state index contributed by atoms with van der Waals surface area (Å²) in [5.41, 5.74) is 5.73. The maximum atomic E-state index is 11.3. The monoisotopic (exact) mass is 251 g/mol. The lowest BCUT2D eigenvalue weighted by molar-refractivity contribution is 0.0218. The molecule has 0 spiro atoms. The van der Waals surface area contributed by atoms with Gasteiger partial charge in [0.1, 0.15) is 11.9 Å². The molecule has 1 aromatic rings. The zero-order chi connectivity index (χ0) is 13.7. The highest BCUT2D eigenvalue weighted by Gasteiger charge is 2.22. The van der Waals surface area contributed by atoms with Crippen molar-refractivity contribution in [3.63, 3.8) is 0 Å². The van der Waals surface area contributed by atoms with Gasteiger partial charge in [0.05, 0.1) is 31.3 Å². The average Bonchev–Trinajstić information content (AvgIpc) is 2.37. The first kappa shape index (κ1) is 13.9. The van der Waals surface area contributed by atoms with Gasteiger partial charge >= 0.3 is 5.97 Å². The quantitative estimate of drug-likeness (QED) is 0.629. The summed E-state index contributed by atoms with van der Waals surface area (Å²) in [4.78, 5) is 15.0. The van der Waals surface area contributed by atoms with Crippen LogP contribution in [0.2, 0.25) is 0 Å². The third-order valence-corrected chi connectivity index (χ3v) is 2.35. The van der Waals surface area contributed by atoms with Crippen LogP contribution in [-0.4, -0.2) is 34.4 Å². The molecule has 7 heteroatoms. The van der Waals surface area contributed by atoms with E-state index in [1.807, 2.05) is 0 Å². The van der Waals surface area contributed by atoms with Crippen LogP contribution in [0.4, 0.5) is 5.82 Å². The molecule has 0 aliphatic carbocycles. The summed E-state index contributed by atoms with van der Waals surface area (Å²) in [6.45, 7) is 0. The minimum Gasteiger partial charge on any atom is -0.465 e. The molecule has 1 heterocycles. The maximum Gasteiger partial charge on any atom is 0.339 e. The molecule has 0 aliphatic rings. The van der Waals surface area contributed by atoms with Gasteiger partial charge in [0.2, 0.25) is 0 Å². The predicted octanol–water partition coefficient (Wildman–Crippen LogP) is -0.242. The topological polar surface area (TPSA) is 129 Å². The number of esters is 1. The van der Waals surface area contributed by atoms with E-state index in [0.29, 0.717) is 0 Å². The first-order chi connectivity index (χ1) is 8.51. The van der Waals surface area contributed by atoms with Crippen molar-refractivity contribution in [2.75, 3.05) is 12.8 Å².